The molecule has 4 nitrogen and oxygen atoms in total. The van der Waals surface area contributed by atoms with E-state index in [4.69, 9.17) is 0 Å². The largest absolute Gasteiger partial charge is 0.338 e. The van der Waals surface area contributed by atoms with E-state index in [0.717, 1.165) is 58.5 Å². The fourth-order valence-corrected chi connectivity index (χ4v) is 6.43. The van der Waals surface area contributed by atoms with Crippen LogP contribution in [0.2, 0.25) is 0 Å². The van der Waals surface area contributed by atoms with Gasteiger partial charge in [0.05, 0.1) is 22.1 Å². The summed E-state index contributed by atoms with van der Waals surface area (Å²) in [5, 5.41) is 2.89. The number of pyridine rings is 2. The summed E-state index contributed by atoms with van der Waals surface area (Å²) in [7, 11) is 0. The molecule has 5 rings (SSSR count). The molecule has 0 atom stereocenters. The molecule has 3 aromatic carbocycles. The van der Waals surface area contributed by atoms with E-state index in [2.05, 4.69) is 88.8 Å². The number of aryl methyl sites for hydroxylation is 4. The van der Waals surface area contributed by atoms with Gasteiger partial charge >= 0.3 is 0 Å². The van der Waals surface area contributed by atoms with Crippen molar-refractivity contribution in [3.05, 3.63) is 79.1 Å². The molecule has 0 N–H and O–H groups in total. The molecule has 0 unspecified atom stereocenters. The van der Waals surface area contributed by atoms with Crippen molar-refractivity contribution in [1.82, 2.24) is 9.13 Å². The van der Waals surface area contributed by atoms with Crippen molar-refractivity contribution in [2.24, 2.45) is 0 Å². The maximum Gasteiger partial charge on any atom is 0.197 e. The fraction of sp³-hybridized carbons (Fsp3) is 0.412. The van der Waals surface area contributed by atoms with Crippen molar-refractivity contribution in [2.75, 3.05) is 0 Å². The number of hydrogen-bond donors (Lipinski definition) is 0. The Kier molecular flexibility index (Phi) is 6.71. The van der Waals surface area contributed by atoms with E-state index in [1.165, 1.54) is 22.3 Å². The average molecular weight is 509 g/mol. The molecular formula is C34H40N2O2. The molecule has 2 aromatic heterocycles. The minimum absolute atomic E-state index is 0.0459. The van der Waals surface area contributed by atoms with Gasteiger partial charge in [0, 0.05) is 33.6 Å². The first-order valence-corrected chi connectivity index (χ1v) is 14.3. The lowest BCUT2D eigenvalue weighted by Crippen LogP contribution is -2.18. The van der Waals surface area contributed by atoms with Crippen LogP contribution in [0.25, 0.3) is 43.6 Å². The number of benzene rings is 3. The van der Waals surface area contributed by atoms with Gasteiger partial charge in [-0.05, 0) is 112 Å². The van der Waals surface area contributed by atoms with E-state index >= 15 is 0 Å². The van der Waals surface area contributed by atoms with Crippen molar-refractivity contribution in [3.63, 3.8) is 0 Å². The zero-order valence-electron chi connectivity index (χ0n) is 24.2. The predicted molar refractivity (Wildman–Crippen MR) is 163 cm³/mol. The van der Waals surface area contributed by atoms with Crippen LogP contribution < -0.4 is 10.9 Å². The highest BCUT2D eigenvalue weighted by atomic mass is 16.1. The standard InChI is InChI=1S/C34H40N2O2/c1-9-21-13-25-29(15-23(21)11-3)35(19(5)6)31-18-28-32(17-27(31)33(25)37)36(20(7)8)30-16-24(12-4)22(10-2)14-26(30)34(28)38/h13-20H,9-12H2,1-8H3. The summed E-state index contributed by atoms with van der Waals surface area (Å²) in [6.45, 7) is 17.2. The zero-order chi connectivity index (χ0) is 27.5. The zero-order valence-corrected chi connectivity index (χ0v) is 24.2. The van der Waals surface area contributed by atoms with Crippen molar-refractivity contribution in [2.45, 2.75) is 93.2 Å². The van der Waals surface area contributed by atoms with Gasteiger partial charge in [0.1, 0.15) is 0 Å². The number of fused-ring (bicyclic) bond motifs is 4. The third kappa shape index (κ3) is 3.80. The summed E-state index contributed by atoms with van der Waals surface area (Å²) in [4.78, 5) is 28.2. The molecule has 2 heterocycles. The van der Waals surface area contributed by atoms with E-state index in [-0.39, 0.29) is 22.9 Å². The van der Waals surface area contributed by atoms with E-state index in [9.17, 15) is 9.59 Å². The molecule has 0 fully saturated rings. The van der Waals surface area contributed by atoms with Gasteiger partial charge in [-0.2, -0.15) is 0 Å². The Morgan fingerprint density at radius 2 is 0.737 bits per heavy atom. The second-order valence-electron chi connectivity index (χ2n) is 11.2. The number of aromatic nitrogens is 2. The Bertz CT molecular complexity index is 1710. The summed E-state index contributed by atoms with van der Waals surface area (Å²) < 4.78 is 4.51. The maximum absolute atomic E-state index is 14.1. The van der Waals surface area contributed by atoms with Crippen LogP contribution in [0.3, 0.4) is 0 Å². The molecule has 0 amide bonds. The Morgan fingerprint density at radius 3 is 1.03 bits per heavy atom. The Hall–Kier alpha value is -3.40. The molecule has 38 heavy (non-hydrogen) atoms. The lowest BCUT2D eigenvalue weighted by atomic mass is 9.96. The van der Waals surface area contributed by atoms with Gasteiger partial charge < -0.3 is 9.13 Å². The summed E-state index contributed by atoms with van der Waals surface area (Å²) in [5.74, 6) is 0. The quantitative estimate of drug-likeness (QED) is 0.218. The van der Waals surface area contributed by atoms with Crippen molar-refractivity contribution in [3.8, 4) is 0 Å². The number of rotatable bonds is 6. The fourth-order valence-electron chi connectivity index (χ4n) is 6.43. The number of hydrogen-bond acceptors (Lipinski definition) is 2. The topological polar surface area (TPSA) is 44.0 Å². The van der Waals surface area contributed by atoms with Gasteiger partial charge in [0.25, 0.3) is 0 Å². The van der Waals surface area contributed by atoms with Gasteiger partial charge in [0.15, 0.2) is 10.9 Å². The summed E-state index contributed by atoms with van der Waals surface area (Å²) in [6.07, 6.45) is 3.64. The Morgan fingerprint density at radius 1 is 0.474 bits per heavy atom. The second kappa shape index (κ2) is 9.72. The molecule has 0 saturated carbocycles. The van der Waals surface area contributed by atoms with Crippen molar-refractivity contribution >= 4 is 43.6 Å². The van der Waals surface area contributed by atoms with Crippen LogP contribution in [0.1, 0.15) is 89.7 Å². The highest BCUT2D eigenvalue weighted by Gasteiger charge is 2.20. The van der Waals surface area contributed by atoms with Crippen LogP contribution >= 0.6 is 0 Å². The Labute approximate surface area is 224 Å². The molecule has 0 radical (unpaired) electrons. The number of nitrogens with zero attached hydrogens (tertiary/aromatic N) is 2. The van der Waals surface area contributed by atoms with Gasteiger partial charge in [-0.25, -0.2) is 0 Å². The van der Waals surface area contributed by atoms with Crippen LogP contribution in [-0.2, 0) is 25.7 Å². The van der Waals surface area contributed by atoms with Crippen LogP contribution in [0.4, 0.5) is 0 Å². The third-order valence-electron chi connectivity index (χ3n) is 8.32. The molecular weight excluding hydrogens is 468 g/mol. The minimum Gasteiger partial charge on any atom is -0.338 e. The molecule has 0 bridgehead atoms. The van der Waals surface area contributed by atoms with Gasteiger partial charge in [0.2, 0.25) is 0 Å². The van der Waals surface area contributed by atoms with Crippen molar-refractivity contribution < 1.29 is 0 Å². The lowest BCUT2D eigenvalue weighted by molar-refractivity contribution is 0.636. The van der Waals surface area contributed by atoms with E-state index in [1.54, 1.807) is 0 Å². The molecule has 198 valence electrons. The van der Waals surface area contributed by atoms with Crippen molar-refractivity contribution in [1.29, 1.82) is 0 Å². The molecule has 0 aliphatic heterocycles. The van der Waals surface area contributed by atoms with Gasteiger partial charge in [-0.1, -0.05) is 27.7 Å². The SMILES string of the molecule is CCc1cc2c(=O)c3cc4c(cc3n(C(C)C)c2cc1CC)c(=O)c1cc(CC)c(CC)cc1n4C(C)C. The average Bonchev–Trinajstić information content (AvgIpc) is 2.91. The Balaban J connectivity index is 2.07. The monoisotopic (exact) mass is 508 g/mol. The smallest absolute Gasteiger partial charge is 0.197 e. The molecule has 0 aliphatic rings. The predicted octanol–water partition coefficient (Wildman–Crippen LogP) is 8.03. The van der Waals surface area contributed by atoms with Gasteiger partial charge in [-0.3, -0.25) is 9.59 Å². The maximum atomic E-state index is 14.1. The highest BCUT2D eigenvalue weighted by Crippen LogP contribution is 2.32. The van der Waals surface area contributed by atoms with E-state index in [1.807, 2.05) is 12.1 Å². The molecule has 0 spiro atoms. The van der Waals surface area contributed by atoms with Crippen LogP contribution in [0.15, 0.2) is 46.0 Å². The third-order valence-corrected chi connectivity index (χ3v) is 8.32. The lowest BCUT2D eigenvalue weighted by Gasteiger charge is -2.23. The first-order chi connectivity index (χ1) is 18.2. The summed E-state index contributed by atoms with van der Waals surface area (Å²) in [5.41, 5.74) is 8.70. The van der Waals surface area contributed by atoms with Gasteiger partial charge in [-0.15, -0.1) is 0 Å². The molecule has 5 aromatic rings. The minimum atomic E-state index is 0.0459. The van der Waals surface area contributed by atoms with Crippen LogP contribution in [0, 0.1) is 0 Å². The molecule has 0 aliphatic carbocycles. The molecule has 0 saturated heterocycles. The normalized spacial score (nSPS) is 12.3. The summed E-state index contributed by atoms with van der Waals surface area (Å²) in [6, 6.07) is 12.8. The highest BCUT2D eigenvalue weighted by molar-refractivity contribution is 6.04. The summed E-state index contributed by atoms with van der Waals surface area (Å²) >= 11 is 0. The second-order valence-corrected chi connectivity index (χ2v) is 11.2. The van der Waals surface area contributed by atoms with Crippen LogP contribution in [0.5, 0.6) is 0 Å². The first kappa shape index (κ1) is 26.2. The van der Waals surface area contributed by atoms with E-state index < -0.39 is 0 Å². The first-order valence-electron chi connectivity index (χ1n) is 14.3. The van der Waals surface area contributed by atoms with Crippen LogP contribution in [-0.4, -0.2) is 9.13 Å². The molecule has 4 heteroatoms. The van der Waals surface area contributed by atoms with E-state index in [0.29, 0.717) is 10.8 Å².